The molecular weight excluding hydrogens is 192 g/mol. The van der Waals surface area contributed by atoms with Crippen LogP contribution in [0.5, 0.6) is 11.6 Å². The quantitative estimate of drug-likeness (QED) is 0.814. The lowest BCUT2D eigenvalue weighted by atomic mass is 10.3. The molecule has 1 aromatic heterocycles. The second-order valence-corrected chi connectivity index (χ2v) is 3.82. The summed E-state index contributed by atoms with van der Waals surface area (Å²) >= 11 is 0. The standard InChI is InChI=1S/C11H16N2O2/c1-14-10-3-2-6-13-11(10)15-9-5-4-8(12)7-9/h2-3,6,8-9H,4-5,7,12H2,1H3. The van der Waals surface area contributed by atoms with Crippen LogP contribution in [-0.4, -0.2) is 24.2 Å². The molecule has 15 heavy (non-hydrogen) atoms. The maximum absolute atomic E-state index is 5.82. The Labute approximate surface area is 89.4 Å². The molecule has 2 atom stereocenters. The number of aromatic nitrogens is 1. The van der Waals surface area contributed by atoms with Crippen LogP contribution >= 0.6 is 0 Å². The van der Waals surface area contributed by atoms with E-state index in [1.165, 1.54) is 0 Å². The molecule has 1 aliphatic rings. The zero-order valence-corrected chi connectivity index (χ0v) is 8.85. The Morgan fingerprint density at radius 2 is 2.33 bits per heavy atom. The number of ether oxygens (including phenoxy) is 2. The predicted molar refractivity (Wildman–Crippen MR) is 57.0 cm³/mol. The molecule has 1 fully saturated rings. The van der Waals surface area contributed by atoms with E-state index in [-0.39, 0.29) is 12.1 Å². The predicted octanol–water partition coefficient (Wildman–Crippen LogP) is 1.35. The highest BCUT2D eigenvalue weighted by atomic mass is 16.5. The third-order valence-corrected chi connectivity index (χ3v) is 2.66. The third kappa shape index (κ3) is 2.39. The summed E-state index contributed by atoms with van der Waals surface area (Å²) in [5, 5.41) is 0. The number of nitrogens with two attached hydrogens (primary N) is 1. The number of pyridine rings is 1. The minimum atomic E-state index is 0.184. The van der Waals surface area contributed by atoms with Gasteiger partial charge < -0.3 is 15.2 Å². The van der Waals surface area contributed by atoms with E-state index in [0.717, 1.165) is 19.3 Å². The molecule has 0 spiro atoms. The van der Waals surface area contributed by atoms with Crippen LogP contribution in [0.3, 0.4) is 0 Å². The first-order valence-corrected chi connectivity index (χ1v) is 5.21. The summed E-state index contributed by atoms with van der Waals surface area (Å²) in [6.07, 6.45) is 4.82. The number of hydrogen-bond donors (Lipinski definition) is 1. The van der Waals surface area contributed by atoms with Crippen LogP contribution in [0.25, 0.3) is 0 Å². The Morgan fingerprint density at radius 1 is 1.47 bits per heavy atom. The SMILES string of the molecule is COc1cccnc1OC1CCC(N)C1. The van der Waals surface area contributed by atoms with Crippen molar-refractivity contribution in [2.75, 3.05) is 7.11 Å². The van der Waals surface area contributed by atoms with E-state index in [1.54, 1.807) is 13.3 Å². The average Bonchev–Trinajstić information content (AvgIpc) is 2.65. The summed E-state index contributed by atoms with van der Waals surface area (Å²) < 4.78 is 10.9. The first kappa shape index (κ1) is 10.2. The second-order valence-electron chi connectivity index (χ2n) is 3.82. The van der Waals surface area contributed by atoms with Crippen LogP contribution in [0.1, 0.15) is 19.3 Å². The molecule has 2 rings (SSSR count). The van der Waals surface area contributed by atoms with Gasteiger partial charge in [-0.3, -0.25) is 0 Å². The molecule has 0 saturated heterocycles. The van der Waals surface area contributed by atoms with Crippen LogP contribution in [0, 0.1) is 0 Å². The minimum absolute atomic E-state index is 0.184. The van der Waals surface area contributed by atoms with Gasteiger partial charge in [0.1, 0.15) is 6.10 Å². The van der Waals surface area contributed by atoms with Gasteiger partial charge in [-0.1, -0.05) is 0 Å². The summed E-state index contributed by atoms with van der Waals surface area (Å²) in [5.74, 6) is 1.25. The maximum atomic E-state index is 5.82. The van der Waals surface area contributed by atoms with Gasteiger partial charge in [0.05, 0.1) is 7.11 Å². The normalized spacial score (nSPS) is 25.2. The molecule has 2 unspecified atom stereocenters. The number of nitrogens with zero attached hydrogens (tertiary/aromatic N) is 1. The van der Waals surface area contributed by atoms with Crippen LogP contribution in [-0.2, 0) is 0 Å². The van der Waals surface area contributed by atoms with Gasteiger partial charge in [-0.2, -0.15) is 0 Å². The Hall–Kier alpha value is -1.29. The summed E-state index contributed by atoms with van der Waals surface area (Å²) in [6, 6.07) is 3.94. The summed E-state index contributed by atoms with van der Waals surface area (Å²) in [5.41, 5.74) is 5.82. The van der Waals surface area contributed by atoms with Crippen molar-refractivity contribution in [1.29, 1.82) is 0 Å². The highest BCUT2D eigenvalue weighted by molar-refractivity contribution is 5.32. The van der Waals surface area contributed by atoms with E-state index in [4.69, 9.17) is 15.2 Å². The van der Waals surface area contributed by atoms with Gasteiger partial charge in [0, 0.05) is 12.2 Å². The zero-order chi connectivity index (χ0) is 10.7. The van der Waals surface area contributed by atoms with Crippen molar-refractivity contribution in [3.63, 3.8) is 0 Å². The fourth-order valence-electron chi connectivity index (χ4n) is 1.86. The molecule has 0 aromatic carbocycles. The van der Waals surface area contributed by atoms with Crippen molar-refractivity contribution in [3.05, 3.63) is 18.3 Å². The Bertz CT molecular complexity index is 330. The molecular formula is C11H16N2O2. The largest absolute Gasteiger partial charge is 0.491 e. The van der Waals surface area contributed by atoms with Crippen molar-refractivity contribution < 1.29 is 9.47 Å². The first-order valence-electron chi connectivity index (χ1n) is 5.21. The van der Waals surface area contributed by atoms with E-state index in [0.29, 0.717) is 11.6 Å². The van der Waals surface area contributed by atoms with Gasteiger partial charge >= 0.3 is 0 Å². The average molecular weight is 208 g/mol. The van der Waals surface area contributed by atoms with Gasteiger partial charge in [-0.25, -0.2) is 4.98 Å². The van der Waals surface area contributed by atoms with Crippen molar-refractivity contribution in [1.82, 2.24) is 4.98 Å². The molecule has 0 amide bonds. The topological polar surface area (TPSA) is 57.4 Å². The van der Waals surface area contributed by atoms with E-state index < -0.39 is 0 Å². The van der Waals surface area contributed by atoms with E-state index in [1.807, 2.05) is 12.1 Å². The second kappa shape index (κ2) is 4.49. The van der Waals surface area contributed by atoms with Crippen LogP contribution < -0.4 is 15.2 Å². The molecule has 1 aliphatic carbocycles. The lowest BCUT2D eigenvalue weighted by molar-refractivity contribution is 0.190. The third-order valence-electron chi connectivity index (χ3n) is 2.66. The van der Waals surface area contributed by atoms with Gasteiger partial charge in [0.25, 0.3) is 5.88 Å². The van der Waals surface area contributed by atoms with Crippen LogP contribution in [0.2, 0.25) is 0 Å². The van der Waals surface area contributed by atoms with Crippen LogP contribution in [0.15, 0.2) is 18.3 Å². The van der Waals surface area contributed by atoms with Crippen molar-refractivity contribution in [2.24, 2.45) is 5.73 Å². The van der Waals surface area contributed by atoms with Crippen molar-refractivity contribution in [2.45, 2.75) is 31.4 Å². The fourth-order valence-corrected chi connectivity index (χ4v) is 1.86. The highest BCUT2D eigenvalue weighted by Gasteiger charge is 2.24. The zero-order valence-electron chi connectivity index (χ0n) is 8.85. The lowest BCUT2D eigenvalue weighted by Gasteiger charge is -2.14. The summed E-state index contributed by atoms with van der Waals surface area (Å²) in [7, 11) is 1.62. The molecule has 1 saturated carbocycles. The number of hydrogen-bond acceptors (Lipinski definition) is 4. The van der Waals surface area contributed by atoms with E-state index >= 15 is 0 Å². The smallest absolute Gasteiger partial charge is 0.257 e. The summed E-state index contributed by atoms with van der Waals surface area (Å²) in [6.45, 7) is 0. The number of rotatable bonds is 3. The number of methoxy groups -OCH3 is 1. The van der Waals surface area contributed by atoms with Gasteiger partial charge in [0.2, 0.25) is 0 Å². The Kier molecular flexibility index (Phi) is 3.06. The molecule has 0 aliphatic heterocycles. The Balaban J connectivity index is 2.04. The van der Waals surface area contributed by atoms with E-state index in [9.17, 15) is 0 Å². The van der Waals surface area contributed by atoms with Crippen molar-refractivity contribution in [3.8, 4) is 11.6 Å². The monoisotopic (exact) mass is 208 g/mol. The fraction of sp³-hybridized carbons (Fsp3) is 0.545. The lowest BCUT2D eigenvalue weighted by Crippen LogP contribution is -2.19. The van der Waals surface area contributed by atoms with Gasteiger partial charge in [-0.05, 0) is 31.4 Å². The molecule has 1 heterocycles. The molecule has 1 aromatic rings. The van der Waals surface area contributed by atoms with Gasteiger partial charge in [0.15, 0.2) is 5.75 Å². The maximum Gasteiger partial charge on any atom is 0.257 e. The molecule has 82 valence electrons. The highest BCUT2D eigenvalue weighted by Crippen LogP contribution is 2.28. The minimum Gasteiger partial charge on any atom is -0.491 e. The van der Waals surface area contributed by atoms with Crippen molar-refractivity contribution >= 4 is 0 Å². The van der Waals surface area contributed by atoms with E-state index in [2.05, 4.69) is 4.98 Å². The Morgan fingerprint density at radius 3 is 3.00 bits per heavy atom. The molecule has 0 radical (unpaired) electrons. The molecule has 0 bridgehead atoms. The summed E-state index contributed by atoms with van der Waals surface area (Å²) in [4.78, 5) is 4.15. The molecule has 4 nitrogen and oxygen atoms in total. The molecule has 2 N–H and O–H groups in total. The van der Waals surface area contributed by atoms with Crippen LogP contribution in [0.4, 0.5) is 0 Å². The molecule has 4 heteroatoms. The first-order chi connectivity index (χ1) is 7.29. The van der Waals surface area contributed by atoms with Gasteiger partial charge in [-0.15, -0.1) is 0 Å².